The van der Waals surface area contributed by atoms with Crippen LogP contribution < -0.4 is 0 Å². The Morgan fingerprint density at radius 2 is 1.87 bits per heavy atom. The molecule has 0 aliphatic carbocycles. The number of ether oxygens (including phenoxy) is 1. The highest BCUT2D eigenvalue weighted by atomic mass is 16.5. The Balaban J connectivity index is 1.94. The van der Waals surface area contributed by atoms with Gasteiger partial charge in [0, 0.05) is 12.5 Å². The lowest BCUT2D eigenvalue weighted by Gasteiger charge is -2.27. The van der Waals surface area contributed by atoms with Crippen LogP contribution in [0.5, 0.6) is 0 Å². The molecule has 0 aromatic rings. The average Bonchev–Trinajstić information content (AvgIpc) is 2.25. The molecule has 2 atom stereocenters. The minimum Gasteiger partial charge on any atom is -0.393 e. The first kappa shape index (κ1) is 13.0. The second-order valence-electron chi connectivity index (χ2n) is 4.75. The number of aliphatic hydroxyl groups is 1. The van der Waals surface area contributed by atoms with Crippen molar-refractivity contribution in [1.29, 1.82) is 0 Å². The van der Waals surface area contributed by atoms with Gasteiger partial charge in [-0.25, -0.2) is 0 Å². The maximum Gasteiger partial charge on any atom is 0.0612 e. The summed E-state index contributed by atoms with van der Waals surface area (Å²) in [6.07, 6.45) is 9.88. The molecule has 2 unspecified atom stereocenters. The predicted octanol–water partition coefficient (Wildman–Crippen LogP) is 3.13. The van der Waals surface area contributed by atoms with Crippen molar-refractivity contribution >= 4 is 0 Å². The van der Waals surface area contributed by atoms with E-state index in [1.807, 2.05) is 0 Å². The molecule has 1 fully saturated rings. The Morgan fingerprint density at radius 1 is 1.13 bits per heavy atom. The molecule has 1 saturated heterocycles. The van der Waals surface area contributed by atoms with Crippen LogP contribution in [0.25, 0.3) is 0 Å². The van der Waals surface area contributed by atoms with E-state index < -0.39 is 0 Å². The maximum absolute atomic E-state index is 9.73. The molecule has 2 nitrogen and oxygen atoms in total. The van der Waals surface area contributed by atoms with Crippen LogP contribution in [0.1, 0.15) is 58.3 Å². The van der Waals surface area contributed by atoms with Gasteiger partial charge in [0.25, 0.3) is 0 Å². The van der Waals surface area contributed by atoms with Crippen LogP contribution in [0.2, 0.25) is 0 Å². The molecule has 1 aliphatic heterocycles. The summed E-state index contributed by atoms with van der Waals surface area (Å²) in [7, 11) is 0. The van der Waals surface area contributed by atoms with Crippen molar-refractivity contribution in [2.75, 3.05) is 13.2 Å². The third-order valence-corrected chi connectivity index (χ3v) is 3.36. The van der Waals surface area contributed by atoms with Crippen LogP contribution in [0.4, 0.5) is 0 Å². The molecule has 0 aromatic heterocycles. The van der Waals surface area contributed by atoms with Gasteiger partial charge in [0.15, 0.2) is 0 Å². The molecule has 2 heteroatoms. The summed E-state index contributed by atoms with van der Waals surface area (Å²) in [5, 5.41) is 9.73. The normalized spacial score (nSPS) is 26.8. The summed E-state index contributed by atoms with van der Waals surface area (Å²) in [6, 6.07) is 0. The van der Waals surface area contributed by atoms with E-state index in [4.69, 9.17) is 4.74 Å². The third-order valence-electron chi connectivity index (χ3n) is 3.36. The molecule has 0 spiro atoms. The molecule has 0 aromatic carbocycles. The lowest BCUT2D eigenvalue weighted by atomic mass is 9.92. The maximum atomic E-state index is 9.73. The summed E-state index contributed by atoms with van der Waals surface area (Å²) in [5.74, 6) is 0.407. The van der Waals surface area contributed by atoms with Crippen molar-refractivity contribution in [3.05, 3.63) is 0 Å². The monoisotopic (exact) mass is 214 g/mol. The zero-order valence-corrected chi connectivity index (χ0v) is 10.1. The highest BCUT2D eigenvalue weighted by Crippen LogP contribution is 2.21. The van der Waals surface area contributed by atoms with E-state index in [1.165, 1.54) is 38.5 Å². The fourth-order valence-corrected chi connectivity index (χ4v) is 2.25. The SMILES string of the molecule is CCCCCCCCC1COCCC1O. The van der Waals surface area contributed by atoms with Gasteiger partial charge in [-0.15, -0.1) is 0 Å². The molecule has 0 bridgehead atoms. The van der Waals surface area contributed by atoms with E-state index in [0.717, 1.165) is 26.1 Å². The lowest BCUT2D eigenvalue weighted by Crippen LogP contribution is -2.31. The van der Waals surface area contributed by atoms with E-state index in [-0.39, 0.29) is 6.10 Å². The van der Waals surface area contributed by atoms with Crippen molar-refractivity contribution in [3.63, 3.8) is 0 Å². The molecule has 90 valence electrons. The van der Waals surface area contributed by atoms with Crippen LogP contribution in [-0.2, 0) is 4.74 Å². The van der Waals surface area contributed by atoms with Crippen LogP contribution >= 0.6 is 0 Å². The quantitative estimate of drug-likeness (QED) is 0.660. The zero-order valence-electron chi connectivity index (χ0n) is 10.1. The van der Waals surface area contributed by atoms with Gasteiger partial charge in [0.1, 0.15) is 0 Å². The van der Waals surface area contributed by atoms with E-state index in [0.29, 0.717) is 5.92 Å². The fourth-order valence-electron chi connectivity index (χ4n) is 2.25. The molecule has 1 N–H and O–H groups in total. The second kappa shape index (κ2) is 8.12. The largest absolute Gasteiger partial charge is 0.393 e. The van der Waals surface area contributed by atoms with Crippen molar-refractivity contribution in [2.45, 2.75) is 64.4 Å². The summed E-state index contributed by atoms with van der Waals surface area (Å²) in [6.45, 7) is 3.76. The van der Waals surface area contributed by atoms with E-state index in [1.54, 1.807) is 0 Å². The Morgan fingerprint density at radius 3 is 2.60 bits per heavy atom. The van der Waals surface area contributed by atoms with Crippen molar-refractivity contribution < 1.29 is 9.84 Å². The molecule has 0 amide bonds. The Kier molecular flexibility index (Phi) is 7.03. The van der Waals surface area contributed by atoms with Crippen molar-refractivity contribution in [1.82, 2.24) is 0 Å². The Hall–Kier alpha value is -0.0800. The van der Waals surface area contributed by atoms with E-state index >= 15 is 0 Å². The van der Waals surface area contributed by atoms with Gasteiger partial charge in [-0.2, -0.15) is 0 Å². The standard InChI is InChI=1S/C13H26O2/c1-2-3-4-5-6-7-8-12-11-15-10-9-13(12)14/h12-14H,2-11H2,1H3. The van der Waals surface area contributed by atoms with Crippen LogP contribution in [-0.4, -0.2) is 24.4 Å². The second-order valence-corrected chi connectivity index (χ2v) is 4.75. The number of hydrogen-bond donors (Lipinski definition) is 1. The molecule has 0 radical (unpaired) electrons. The highest BCUT2D eigenvalue weighted by molar-refractivity contribution is 4.72. The van der Waals surface area contributed by atoms with Gasteiger partial charge in [-0.05, 0) is 12.8 Å². The first-order valence-corrected chi connectivity index (χ1v) is 6.60. The molecule has 1 aliphatic rings. The van der Waals surface area contributed by atoms with Gasteiger partial charge in [-0.1, -0.05) is 45.4 Å². The van der Waals surface area contributed by atoms with Gasteiger partial charge in [-0.3, -0.25) is 0 Å². The average molecular weight is 214 g/mol. The fraction of sp³-hybridized carbons (Fsp3) is 1.00. The van der Waals surface area contributed by atoms with Gasteiger partial charge in [0.05, 0.1) is 12.7 Å². The molecule has 1 heterocycles. The van der Waals surface area contributed by atoms with Gasteiger partial charge < -0.3 is 9.84 Å². The summed E-state index contributed by atoms with van der Waals surface area (Å²) >= 11 is 0. The molecular formula is C13H26O2. The smallest absolute Gasteiger partial charge is 0.0612 e. The van der Waals surface area contributed by atoms with Gasteiger partial charge in [0.2, 0.25) is 0 Å². The van der Waals surface area contributed by atoms with Crippen LogP contribution in [0, 0.1) is 5.92 Å². The predicted molar refractivity (Wildman–Crippen MR) is 62.9 cm³/mol. The number of rotatable bonds is 7. The molecule has 15 heavy (non-hydrogen) atoms. The first-order valence-electron chi connectivity index (χ1n) is 6.60. The van der Waals surface area contributed by atoms with E-state index in [9.17, 15) is 5.11 Å². The Labute approximate surface area is 94.0 Å². The minimum absolute atomic E-state index is 0.102. The summed E-state index contributed by atoms with van der Waals surface area (Å²) in [4.78, 5) is 0. The van der Waals surface area contributed by atoms with Crippen LogP contribution in [0.15, 0.2) is 0 Å². The number of hydrogen-bond acceptors (Lipinski definition) is 2. The molecular weight excluding hydrogens is 188 g/mol. The molecule has 0 saturated carbocycles. The van der Waals surface area contributed by atoms with Crippen molar-refractivity contribution in [3.8, 4) is 0 Å². The lowest BCUT2D eigenvalue weighted by molar-refractivity contribution is -0.0389. The number of aliphatic hydroxyl groups excluding tert-OH is 1. The first-order chi connectivity index (χ1) is 7.34. The van der Waals surface area contributed by atoms with Crippen molar-refractivity contribution in [2.24, 2.45) is 5.92 Å². The van der Waals surface area contributed by atoms with E-state index in [2.05, 4.69) is 6.92 Å². The van der Waals surface area contributed by atoms with Gasteiger partial charge >= 0.3 is 0 Å². The third kappa shape index (κ3) is 5.53. The zero-order chi connectivity index (χ0) is 10.9. The topological polar surface area (TPSA) is 29.5 Å². The Bertz CT molecular complexity index is 147. The molecule has 1 rings (SSSR count). The van der Waals surface area contributed by atoms with Crippen LogP contribution in [0.3, 0.4) is 0 Å². The highest BCUT2D eigenvalue weighted by Gasteiger charge is 2.22. The summed E-state index contributed by atoms with van der Waals surface area (Å²) < 4.78 is 5.39. The minimum atomic E-state index is -0.102. The number of unbranched alkanes of at least 4 members (excludes halogenated alkanes) is 5. The summed E-state index contributed by atoms with van der Waals surface area (Å²) in [5.41, 5.74) is 0.